The molecule has 3 rings (SSSR count). The quantitative estimate of drug-likeness (QED) is 0.612. The highest BCUT2D eigenvalue weighted by Crippen LogP contribution is 2.29. The van der Waals surface area contributed by atoms with Crippen LogP contribution in [0.15, 0.2) is 61.2 Å². The molecule has 0 amide bonds. The van der Waals surface area contributed by atoms with E-state index in [4.69, 9.17) is 4.74 Å². The van der Waals surface area contributed by atoms with Crippen molar-refractivity contribution in [2.45, 2.75) is 20.4 Å². The molecule has 2 aromatic carbocycles. The lowest BCUT2D eigenvalue weighted by Crippen LogP contribution is -2.01. The van der Waals surface area contributed by atoms with Crippen LogP contribution in [0.1, 0.15) is 16.8 Å². The van der Waals surface area contributed by atoms with Crippen molar-refractivity contribution in [3.05, 3.63) is 78.0 Å². The molecular formula is C20H21NO. The topological polar surface area (TPSA) is 14.2 Å². The van der Waals surface area contributed by atoms with Crippen LogP contribution in [0.25, 0.3) is 10.9 Å². The Kier molecular flexibility index (Phi) is 4.01. The van der Waals surface area contributed by atoms with Gasteiger partial charge in [-0.25, -0.2) is 0 Å². The molecule has 0 atom stereocenters. The molecule has 0 aliphatic rings. The molecular weight excluding hydrogens is 270 g/mol. The van der Waals surface area contributed by atoms with E-state index in [1.165, 1.54) is 22.3 Å². The van der Waals surface area contributed by atoms with Crippen molar-refractivity contribution in [2.24, 2.45) is 0 Å². The van der Waals surface area contributed by atoms with Crippen LogP contribution in [-0.4, -0.2) is 11.2 Å². The maximum Gasteiger partial charge on any atom is 0.129 e. The summed E-state index contributed by atoms with van der Waals surface area (Å²) in [6, 6.07) is 17.1. The fourth-order valence-corrected chi connectivity index (χ4v) is 2.87. The van der Waals surface area contributed by atoms with Gasteiger partial charge in [-0.15, -0.1) is 0 Å². The van der Waals surface area contributed by atoms with Gasteiger partial charge in [0.2, 0.25) is 0 Å². The van der Waals surface area contributed by atoms with Gasteiger partial charge in [-0.05, 0) is 37.6 Å². The fourth-order valence-electron chi connectivity index (χ4n) is 2.87. The van der Waals surface area contributed by atoms with Crippen molar-refractivity contribution in [3.63, 3.8) is 0 Å². The van der Waals surface area contributed by atoms with Crippen LogP contribution in [0, 0.1) is 13.8 Å². The van der Waals surface area contributed by atoms with Crippen LogP contribution in [-0.2, 0) is 6.54 Å². The van der Waals surface area contributed by atoms with Gasteiger partial charge in [0, 0.05) is 17.6 Å². The van der Waals surface area contributed by atoms with Crippen molar-refractivity contribution >= 4 is 10.9 Å². The zero-order valence-corrected chi connectivity index (χ0v) is 13.2. The van der Waals surface area contributed by atoms with E-state index in [1.54, 1.807) is 6.08 Å². The van der Waals surface area contributed by atoms with E-state index in [0.29, 0.717) is 6.61 Å². The lowest BCUT2D eigenvalue weighted by molar-refractivity contribution is 0.367. The van der Waals surface area contributed by atoms with Gasteiger partial charge in [0.05, 0.1) is 5.52 Å². The summed E-state index contributed by atoms with van der Waals surface area (Å²) in [6.45, 7) is 9.39. The average Bonchev–Trinajstić information content (AvgIpc) is 2.82. The largest absolute Gasteiger partial charge is 0.489 e. The Morgan fingerprint density at radius 1 is 1.09 bits per heavy atom. The first-order valence-corrected chi connectivity index (χ1v) is 7.57. The van der Waals surface area contributed by atoms with Crippen LogP contribution in [0.2, 0.25) is 0 Å². The summed E-state index contributed by atoms with van der Waals surface area (Å²) in [4.78, 5) is 0. The molecule has 2 nitrogen and oxygen atoms in total. The summed E-state index contributed by atoms with van der Waals surface area (Å²) in [7, 11) is 0. The Morgan fingerprint density at radius 2 is 1.91 bits per heavy atom. The molecule has 0 saturated heterocycles. The average molecular weight is 291 g/mol. The molecule has 0 radical (unpaired) electrons. The molecule has 0 unspecified atom stereocenters. The van der Waals surface area contributed by atoms with Crippen molar-refractivity contribution < 1.29 is 4.74 Å². The Labute approximate surface area is 131 Å². The van der Waals surface area contributed by atoms with Crippen LogP contribution in [0.4, 0.5) is 0 Å². The number of aryl methyl sites for hydroxylation is 2. The summed E-state index contributed by atoms with van der Waals surface area (Å²) in [5, 5.41) is 1.16. The minimum atomic E-state index is 0.529. The first kappa shape index (κ1) is 14.5. The van der Waals surface area contributed by atoms with Crippen LogP contribution in [0.3, 0.4) is 0 Å². The van der Waals surface area contributed by atoms with E-state index in [1.807, 2.05) is 12.1 Å². The standard InChI is InChI=1S/C20H21NO/c1-4-11-22-20-10-6-9-19-18(20)13-16(3)21(19)14-17-8-5-7-15(2)12-17/h4-10,12-13H,1,11,14H2,2-3H3. The van der Waals surface area contributed by atoms with Crippen LogP contribution < -0.4 is 4.74 Å². The minimum Gasteiger partial charge on any atom is -0.489 e. The molecule has 0 saturated carbocycles. The summed E-state index contributed by atoms with van der Waals surface area (Å²) in [5.74, 6) is 0.920. The van der Waals surface area contributed by atoms with Crippen molar-refractivity contribution in [3.8, 4) is 5.75 Å². The Bertz CT molecular complexity index is 814. The first-order valence-electron chi connectivity index (χ1n) is 7.57. The number of nitrogens with zero attached hydrogens (tertiary/aromatic N) is 1. The van der Waals surface area contributed by atoms with E-state index < -0.39 is 0 Å². The maximum absolute atomic E-state index is 5.77. The summed E-state index contributed by atoms with van der Waals surface area (Å²) in [6.07, 6.45) is 1.77. The number of hydrogen-bond donors (Lipinski definition) is 0. The fraction of sp³-hybridized carbons (Fsp3) is 0.200. The normalized spacial score (nSPS) is 10.8. The van der Waals surface area contributed by atoms with Gasteiger partial charge in [-0.2, -0.15) is 0 Å². The monoisotopic (exact) mass is 291 g/mol. The van der Waals surface area contributed by atoms with Gasteiger partial charge < -0.3 is 9.30 Å². The van der Waals surface area contributed by atoms with Gasteiger partial charge in [0.1, 0.15) is 12.4 Å². The van der Waals surface area contributed by atoms with E-state index in [-0.39, 0.29) is 0 Å². The number of fused-ring (bicyclic) bond motifs is 1. The van der Waals surface area contributed by atoms with Crippen LogP contribution >= 0.6 is 0 Å². The zero-order valence-electron chi connectivity index (χ0n) is 13.2. The van der Waals surface area contributed by atoms with Crippen molar-refractivity contribution in [1.29, 1.82) is 0 Å². The third-order valence-corrected chi connectivity index (χ3v) is 3.89. The molecule has 0 aliphatic carbocycles. The number of benzene rings is 2. The van der Waals surface area contributed by atoms with Gasteiger partial charge in [0.25, 0.3) is 0 Å². The molecule has 3 aromatic rings. The molecule has 1 heterocycles. The summed E-state index contributed by atoms with van der Waals surface area (Å²) >= 11 is 0. The second-order valence-electron chi connectivity index (χ2n) is 5.65. The summed E-state index contributed by atoms with van der Waals surface area (Å²) in [5.41, 5.74) is 5.06. The molecule has 0 N–H and O–H groups in total. The highest BCUT2D eigenvalue weighted by atomic mass is 16.5. The van der Waals surface area contributed by atoms with Crippen molar-refractivity contribution in [2.75, 3.05) is 6.61 Å². The smallest absolute Gasteiger partial charge is 0.129 e. The summed E-state index contributed by atoms with van der Waals surface area (Å²) < 4.78 is 8.11. The Morgan fingerprint density at radius 3 is 2.68 bits per heavy atom. The van der Waals surface area contributed by atoms with Crippen LogP contribution in [0.5, 0.6) is 5.75 Å². The Balaban J connectivity index is 2.03. The van der Waals surface area contributed by atoms with E-state index >= 15 is 0 Å². The third kappa shape index (κ3) is 2.77. The zero-order chi connectivity index (χ0) is 15.5. The van der Waals surface area contributed by atoms with Gasteiger partial charge in [-0.3, -0.25) is 0 Å². The SMILES string of the molecule is C=CCOc1cccc2c1cc(C)n2Cc1cccc(C)c1. The minimum absolute atomic E-state index is 0.529. The number of aromatic nitrogens is 1. The number of ether oxygens (including phenoxy) is 1. The predicted molar refractivity (Wildman–Crippen MR) is 92.6 cm³/mol. The Hall–Kier alpha value is -2.48. The molecule has 0 bridgehead atoms. The maximum atomic E-state index is 5.77. The third-order valence-electron chi connectivity index (χ3n) is 3.89. The van der Waals surface area contributed by atoms with E-state index in [0.717, 1.165) is 17.7 Å². The molecule has 112 valence electrons. The molecule has 0 fully saturated rings. The number of hydrogen-bond acceptors (Lipinski definition) is 1. The predicted octanol–water partition coefficient (Wildman–Crippen LogP) is 4.87. The van der Waals surface area contributed by atoms with Gasteiger partial charge in [-0.1, -0.05) is 48.6 Å². The molecule has 0 aliphatic heterocycles. The highest BCUT2D eigenvalue weighted by molar-refractivity contribution is 5.87. The molecule has 22 heavy (non-hydrogen) atoms. The van der Waals surface area contributed by atoms with E-state index in [2.05, 4.69) is 61.4 Å². The molecule has 2 heteroatoms. The molecule has 1 aromatic heterocycles. The lowest BCUT2D eigenvalue weighted by atomic mass is 10.1. The van der Waals surface area contributed by atoms with Gasteiger partial charge in [0.15, 0.2) is 0 Å². The van der Waals surface area contributed by atoms with Gasteiger partial charge >= 0.3 is 0 Å². The number of rotatable bonds is 5. The second kappa shape index (κ2) is 6.10. The van der Waals surface area contributed by atoms with E-state index in [9.17, 15) is 0 Å². The first-order chi connectivity index (χ1) is 10.7. The molecule has 0 spiro atoms. The lowest BCUT2D eigenvalue weighted by Gasteiger charge is -2.10. The second-order valence-corrected chi connectivity index (χ2v) is 5.65. The highest BCUT2D eigenvalue weighted by Gasteiger charge is 2.10. The van der Waals surface area contributed by atoms with Crippen molar-refractivity contribution in [1.82, 2.24) is 4.57 Å².